The maximum atomic E-state index is 5.71. The Morgan fingerprint density at radius 3 is 2.71 bits per heavy atom. The summed E-state index contributed by atoms with van der Waals surface area (Å²) >= 11 is 3.54. The molecule has 94 valence electrons. The van der Waals surface area contributed by atoms with Crippen molar-refractivity contribution >= 4 is 27.4 Å². The maximum Gasteiger partial charge on any atom is 0.143 e. The smallest absolute Gasteiger partial charge is 0.143 e. The number of hydrogen-bond acceptors (Lipinski definition) is 4. The molecule has 1 aliphatic rings. The number of nitrogens with two attached hydrogens (primary N) is 1. The van der Waals surface area contributed by atoms with E-state index < -0.39 is 0 Å². The lowest BCUT2D eigenvalue weighted by Gasteiger charge is -2.23. The van der Waals surface area contributed by atoms with E-state index in [1.807, 2.05) is 6.07 Å². The normalized spacial score (nSPS) is 24.6. The number of halogens is 1. The second kappa shape index (κ2) is 4.82. The molecule has 1 aromatic heterocycles. The van der Waals surface area contributed by atoms with Crippen LogP contribution in [-0.4, -0.2) is 43.1 Å². The molecule has 17 heavy (non-hydrogen) atoms. The van der Waals surface area contributed by atoms with Crippen molar-refractivity contribution in [3.8, 4) is 0 Å². The second-order valence-electron chi connectivity index (χ2n) is 4.99. The molecule has 0 aliphatic carbocycles. The van der Waals surface area contributed by atoms with E-state index >= 15 is 0 Å². The summed E-state index contributed by atoms with van der Waals surface area (Å²) in [6, 6.07) is 2.50. The number of rotatable bonds is 2. The van der Waals surface area contributed by atoms with Gasteiger partial charge in [-0.25, -0.2) is 4.98 Å². The van der Waals surface area contributed by atoms with Crippen molar-refractivity contribution in [1.82, 2.24) is 9.88 Å². The molecular formula is C12H19BrN4. The summed E-state index contributed by atoms with van der Waals surface area (Å²) in [6.07, 6.45) is 1.72. The number of nitrogen functional groups attached to an aromatic ring is 1. The molecule has 0 spiro atoms. The van der Waals surface area contributed by atoms with E-state index in [2.05, 4.69) is 51.7 Å². The van der Waals surface area contributed by atoms with E-state index in [0.29, 0.717) is 17.6 Å². The van der Waals surface area contributed by atoms with Gasteiger partial charge in [-0.1, -0.05) is 6.92 Å². The third kappa shape index (κ3) is 2.55. The third-order valence-electron chi connectivity index (χ3n) is 3.38. The molecule has 2 atom stereocenters. The zero-order valence-electron chi connectivity index (χ0n) is 10.5. The predicted molar refractivity (Wildman–Crippen MR) is 75.2 cm³/mol. The van der Waals surface area contributed by atoms with Crippen LogP contribution in [0.5, 0.6) is 0 Å². The van der Waals surface area contributed by atoms with E-state index in [1.165, 1.54) is 0 Å². The number of hydrogen-bond donors (Lipinski definition) is 1. The molecule has 4 nitrogen and oxygen atoms in total. The highest BCUT2D eigenvalue weighted by atomic mass is 79.9. The van der Waals surface area contributed by atoms with Crippen LogP contribution in [0, 0.1) is 5.92 Å². The van der Waals surface area contributed by atoms with Gasteiger partial charge in [0.1, 0.15) is 5.82 Å². The first kappa shape index (κ1) is 12.6. The second-order valence-corrected chi connectivity index (χ2v) is 5.84. The van der Waals surface area contributed by atoms with Gasteiger partial charge in [0, 0.05) is 19.1 Å². The van der Waals surface area contributed by atoms with E-state index in [1.54, 1.807) is 6.20 Å². The first-order valence-corrected chi connectivity index (χ1v) is 6.60. The van der Waals surface area contributed by atoms with Crippen LogP contribution < -0.4 is 10.6 Å². The molecule has 0 aromatic carbocycles. The Balaban J connectivity index is 2.19. The molecule has 2 rings (SSSR count). The summed E-state index contributed by atoms with van der Waals surface area (Å²) in [4.78, 5) is 9.03. The summed E-state index contributed by atoms with van der Waals surface area (Å²) in [5.41, 5.74) is 6.40. The zero-order valence-corrected chi connectivity index (χ0v) is 12.1. The number of pyridine rings is 1. The van der Waals surface area contributed by atoms with Crippen molar-refractivity contribution in [2.75, 3.05) is 37.8 Å². The van der Waals surface area contributed by atoms with E-state index in [0.717, 1.165) is 23.4 Å². The standard InChI is InChI=1S/C12H19BrN4/c1-8-6-17(7-11(8)16(2)3)12-10(13)4-9(14)5-15-12/h4-5,8,11H,6-7,14H2,1-3H3. The molecule has 1 aliphatic heterocycles. The molecule has 5 heteroatoms. The minimum absolute atomic E-state index is 0.584. The molecule has 1 aromatic rings. The molecule has 0 saturated carbocycles. The number of likely N-dealkylation sites (N-methyl/N-ethyl adjacent to an activating group) is 1. The van der Waals surface area contributed by atoms with Crippen LogP contribution in [-0.2, 0) is 0 Å². The molecule has 2 N–H and O–H groups in total. The number of anilines is 2. The van der Waals surface area contributed by atoms with Crippen LogP contribution in [0.15, 0.2) is 16.7 Å². The van der Waals surface area contributed by atoms with Crippen LogP contribution in [0.3, 0.4) is 0 Å². The molecule has 2 heterocycles. The first-order valence-electron chi connectivity index (χ1n) is 5.81. The van der Waals surface area contributed by atoms with Crippen LogP contribution in [0.1, 0.15) is 6.92 Å². The fourth-order valence-electron chi connectivity index (χ4n) is 2.47. The van der Waals surface area contributed by atoms with Crippen molar-refractivity contribution in [2.45, 2.75) is 13.0 Å². The van der Waals surface area contributed by atoms with Crippen LogP contribution in [0.4, 0.5) is 11.5 Å². The Morgan fingerprint density at radius 2 is 2.18 bits per heavy atom. The molecule has 0 bridgehead atoms. The van der Waals surface area contributed by atoms with Gasteiger partial charge in [0.05, 0.1) is 16.4 Å². The highest BCUT2D eigenvalue weighted by Gasteiger charge is 2.32. The highest BCUT2D eigenvalue weighted by molar-refractivity contribution is 9.10. The Hall–Kier alpha value is -0.810. The summed E-state index contributed by atoms with van der Waals surface area (Å²) in [5.74, 6) is 1.65. The van der Waals surface area contributed by atoms with Crippen LogP contribution in [0.25, 0.3) is 0 Å². The van der Waals surface area contributed by atoms with E-state index in [9.17, 15) is 0 Å². The zero-order chi connectivity index (χ0) is 12.6. The average Bonchev–Trinajstić information content (AvgIpc) is 2.60. The highest BCUT2D eigenvalue weighted by Crippen LogP contribution is 2.30. The molecule has 1 fully saturated rings. The number of nitrogens with zero attached hydrogens (tertiary/aromatic N) is 3. The summed E-state index contributed by atoms with van der Waals surface area (Å²) < 4.78 is 0.976. The van der Waals surface area contributed by atoms with Crippen LogP contribution >= 0.6 is 15.9 Å². The van der Waals surface area contributed by atoms with Gasteiger partial charge in [-0.3, -0.25) is 0 Å². The lowest BCUT2D eigenvalue weighted by molar-refractivity contribution is 0.266. The molecule has 0 radical (unpaired) electrons. The van der Waals surface area contributed by atoms with Gasteiger partial charge in [-0.05, 0) is 42.0 Å². The Kier molecular flexibility index (Phi) is 3.58. The predicted octanol–water partition coefficient (Wildman–Crippen LogP) is 1.81. The van der Waals surface area contributed by atoms with Crippen molar-refractivity contribution in [3.63, 3.8) is 0 Å². The Labute approximate surface area is 111 Å². The van der Waals surface area contributed by atoms with E-state index in [4.69, 9.17) is 5.73 Å². The third-order valence-corrected chi connectivity index (χ3v) is 3.96. The van der Waals surface area contributed by atoms with E-state index in [-0.39, 0.29) is 0 Å². The quantitative estimate of drug-likeness (QED) is 0.905. The van der Waals surface area contributed by atoms with Gasteiger partial charge in [0.2, 0.25) is 0 Å². The Morgan fingerprint density at radius 1 is 1.47 bits per heavy atom. The molecule has 1 saturated heterocycles. The summed E-state index contributed by atoms with van der Waals surface area (Å²) in [7, 11) is 4.27. The van der Waals surface area contributed by atoms with Crippen molar-refractivity contribution in [3.05, 3.63) is 16.7 Å². The van der Waals surface area contributed by atoms with Gasteiger partial charge in [-0.2, -0.15) is 0 Å². The fraction of sp³-hybridized carbons (Fsp3) is 0.583. The van der Waals surface area contributed by atoms with Gasteiger partial charge in [-0.15, -0.1) is 0 Å². The first-order chi connectivity index (χ1) is 7.99. The lowest BCUT2D eigenvalue weighted by atomic mass is 10.1. The fourth-order valence-corrected chi connectivity index (χ4v) is 3.09. The van der Waals surface area contributed by atoms with Crippen LogP contribution in [0.2, 0.25) is 0 Å². The number of aromatic nitrogens is 1. The topological polar surface area (TPSA) is 45.4 Å². The largest absolute Gasteiger partial charge is 0.397 e. The van der Waals surface area contributed by atoms with Gasteiger partial charge in [0.15, 0.2) is 0 Å². The lowest BCUT2D eigenvalue weighted by Crippen LogP contribution is -2.34. The SMILES string of the molecule is CC1CN(c2ncc(N)cc2Br)CC1N(C)C. The molecular weight excluding hydrogens is 280 g/mol. The van der Waals surface area contributed by atoms with Crippen molar-refractivity contribution < 1.29 is 0 Å². The van der Waals surface area contributed by atoms with Crippen molar-refractivity contribution in [2.24, 2.45) is 5.92 Å². The monoisotopic (exact) mass is 298 g/mol. The van der Waals surface area contributed by atoms with Gasteiger partial charge < -0.3 is 15.5 Å². The Bertz CT molecular complexity index is 407. The molecule has 2 unspecified atom stereocenters. The van der Waals surface area contributed by atoms with Gasteiger partial charge >= 0.3 is 0 Å². The van der Waals surface area contributed by atoms with Crippen molar-refractivity contribution in [1.29, 1.82) is 0 Å². The van der Waals surface area contributed by atoms with Gasteiger partial charge in [0.25, 0.3) is 0 Å². The summed E-state index contributed by atoms with van der Waals surface area (Å²) in [6.45, 7) is 4.35. The minimum Gasteiger partial charge on any atom is -0.397 e. The summed E-state index contributed by atoms with van der Waals surface area (Å²) in [5, 5.41) is 0. The molecule has 0 amide bonds. The maximum absolute atomic E-state index is 5.71. The minimum atomic E-state index is 0.584. The average molecular weight is 299 g/mol.